The van der Waals surface area contributed by atoms with Crippen LogP contribution in [-0.2, 0) is 4.79 Å². The van der Waals surface area contributed by atoms with Crippen LogP contribution in [0.4, 0.5) is 5.82 Å². The molecule has 0 spiro atoms. The van der Waals surface area contributed by atoms with Gasteiger partial charge in [-0.3, -0.25) is 4.79 Å². The molecule has 2 bridgehead atoms. The lowest BCUT2D eigenvalue weighted by Crippen LogP contribution is -2.39. The topological polar surface area (TPSA) is 59.0 Å². The Balaban J connectivity index is 1.50. The van der Waals surface area contributed by atoms with Crippen molar-refractivity contribution in [2.75, 3.05) is 5.32 Å². The molecule has 2 N–H and O–H groups in total. The van der Waals surface area contributed by atoms with Gasteiger partial charge in [0.2, 0.25) is 5.91 Å². The van der Waals surface area contributed by atoms with Crippen LogP contribution in [-0.4, -0.2) is 27.8 Å². The van der Waals surface area contributed by atoms with E-state index in [1.165, 1.54) is 18.4 Å². The van der Waals surface area contributed by atoms with Gasteiger partial charge >= 0.3 is 0 Å². The summed E-state index contributed by atoms with van der Waals surface area (Å²) in [7, 11) is 0. The Morgan fingerprint density at radius 3 is 2.52 bits per heavy atom. The van der Waals surface area contributed by atoms with Gasteiger partial charge in [0.25, 0.3) is 0 Å². The van der Waals surface area contributed by atoms with Crippen LogP contribution in [0.5, 0.6) is 0 Å². The van der Waals surface area contributed by atoms with Crippen LogP contribution in [0.25, 0.3) is 5.69 Å². The molecule has 3 heterocycles. The smallest absolute Gasteiger partial charge is 0.225 e. The minimum Gasteiger partial charge on any atom is -0.311 e. The minimum atomic E-state index is 0.102. The Hall–Kier alpha value is -2.14. The monoisotopic (exact) mass is 366 g/mol. The second-order valence-corrected chi connectivity index (χ2v) is 8.58. The Kier molecular flexibility index (Phi) is 5.04. The third-order valence-electron chi connectivity index (χ3n) is 5.91. The molecule has 0 saturated carbocycles. The summed E-state index contributed by atoms with van der Waals surface area (Å²) in [4.78, 5) is 12.8. The van der Waals surface area contributed by atoms with Crippen molar-refractivity contribution in [2.24, 2.45) is 5.92 Å². The second-order valence-electron chi connectivity index (χ2n) is 8.58. The molecule has 144 valence electrons. The van der Waals surface area contributed by atoms with Crippen molar-refractivity contribution in [2.45, 2.75) is 70.9 Å². The van der Waals surface area contributed by atoms with Gasteiger partial charge in [-0.1, -0.05) is 31.5 Å². The Labute approximate surface area is 161 Å². The van der Waals surface area contributed by atoms with E-state index < -0.39 is 0 Å². The van der Waals surface area contributed by atoms with Gasteiger partial charge in [0.05, 0.1) is 11.4 Å². The van der Waals surface area contributed by atoms with Crippen molar-refractivity contribution in [3.63, 3.8) is 0 Å². The zero-order chi connectivity index (χ0) is 19.0. The first-order valence-corrected chi connectivity index (χ1v) is 10.2. The van der Waals surface area contributed by atoms with Gasteiger partial charge in [0.1, 0.15) is 5.82 Å². The maximum Gasteiger partial charge on any atom is 0.225 e. The standard InChI is InChI=1S/C22H30N4O/c1-14(2)20-13-21(26(25-20)19-8-4-15(3)5-9-19)24-22(27)12-16-10-17-6-7-18(11-16)23-17/h4-5,8-9,13-14,16-18,23H,6-7,10-12H2,1-3H3,(H,24,27). The molecular formula is C22H30N4O. The fourth-order valence-corrected chi connectivity index (χ4v) is 4.45. The maximum absolute atomic E-state index is 12.8. The molecule has 0 aliphatic carbocycles. The van der Waals surface area contributed by atoms with E-state index >= 15 is 0 Å². The van der Waals surface area contributed by atoms with E-state index in [0.29, 0.717) is 30.3 Å². The van der Waals surface area contributed by atoms with Crippen LogP contribution in [0.15, 0.2) is 30.3 Å². The molecule has 2 aliphatic heterocycles. The molecule has 2 fully saturated rings. The molecule has 4 rings (SSSR count). The van der Waals surface area contributed by atoms with Crippen LogP contribution in [0.1, 0.15) is 63.1 Å². The van der Waals surface area contributed by atoms with Crippen molar-refractivity contribution >= 4 is 11.7 Å². The number of hydrogen-bond acceptors (Lipinski definition) is 3. The van der Waals surface area contributed by atoms with E-state index in [-0.39, 0.29) is 5.91 Å². The number of rotatable bonds is 5. The van der Waals surface area contributed by atoms with Crippen LogP contribution in [0.2, 0.25) is 0 Å². The average molecular weight is 367 g/mol. The fraction of sp³-hybridized carbons (Fsp3) is 0.545. The van der Waals surface area contributed by atoms with Crippen molar-refractivity contribution in [3.8, 4) is 5.69 Å². The third-order valence-corrected chi connectivity index (χ3v) is 5.91. The van der Waals surface area contributed by atoms with Crippen molar-refractivity contribution in [1.82, 2.24) is 15.1 Å². The highest BCUT2D eigenvalue weighted by Gasteiger charge is 2.34. The summed E-state index contributed by atoms with van der Waals surface area (Å²) in [5.41, 5.74) is 3.18. The largest absolute Gasteiger partial charge is 0.311 e. The van der Waals surface area contributed by atoms with E-state index in [2.05, 4.69) is 43.5 Å². The summed E-state index contributed by atoms with van der Waals surface area (Å²) in [6.07, 6.45) is 5.38. The van der Waals surface area contributed by atoms with E-state index in [1.807, 2.05) is 22.9 Å². The number of aromatic nitrogens is 2. The zero-order valence-electron chi connectivity index (χ0n) is 16.5. The number of carbonyl (C=O) groups is 1. The quantitative estimate of drug-likeness (QED) is 0.835. The highest BCUT2D eigenvalue weighted by Crippen LogP contribution is 2.33. The minimum absolute atomic E-state index is 0.102. The molecule has 1 aromatic heterocycles. The van der Waals surface area contributed by atoms with E-state index in [0.717, 1.165) is 30.0 Å². The molecule has 5 heteroatoms. The molecule has 2 aliphatic rings. The van der Waals surface area contributed by atoms with Gasteiger partial charge in [0, 0.05) is 24.6 Å². The van der Waals surface area contributed by atoms with Gasteiger partial charge in [-0.05, 0) is 56.6 Å². The molecule has 1 aromatic carbocycles. The highest BCUT2D eigenvalue weighted by atomic mass is 16.1. The molecule has 0 radical (unpaired) electrons. The van der Waals surface area contributed by atoms with E-state index in [1.54, 1.807) is 0 Å². The second kappa shape index (κ2) is 7.47. The number of fused-ring (bicyclic) bond motifs is 2. The van der Waals surface area contributed by atoms with Crippen LogP contribution < -0.4 is 10.6 Å². The average Bonchev–Trinajstić information content (AvgIpc) is 3.19. The van der Waals surface area contributed by atoms with Gasteiger partial charge in [-0.2, -0.15) is 5.10 Å². The lowest BCUT2D eigenvalue weighted by atomic mass is 9.89. The summed E-state index contributed by atoms with van der Waals surface area (Å²) in [6.45, 7) is 6.32. The number of anilines is 1. The summed E-state index contributed by atoms with van der Waals surface area (Å²) >= 11 is 0. The van der Waals surface area contributed by atoms with Gasteiger partial charge in [0.15, 0.2) is 0 Å². The predicted octanol–water partition coefficient (Wildman–Crippen LogP) is 4.16. The first-order valence-electron chi connectivity index (χ1n) is 10.2. The number of hydrogen-bond donors (Lipinski definition) is 2. The molecule has 2 saturated heterocycles. The van der Waals surface area contributed by atoms with Gasteiger partial charge < -0.3 is 10.6 Å². The molecule has 27 heavy (non-hydrogen) atoms. The Bertz CT molecular complexity index is 796. The molecule has 2 unspecified atom stereocenters. The van der Waals surface area contributed by atoms with E-state index in [4.69, 9.17) is 5.10 Å². The van der Waals surface area contributed by atoms with Crippen LogP contribution in [0, 0.1) is 12.8 Å². The number of benzene rings is 1. The van der Waals surface area contributed by atoms with Crippen LogP contribution >= 0.6 is 0 Å². The van der Waals surface area contributed by atoms with Gasteiger partial charge in [-0.25, -0.2) is 4.68 Å². The molecule has 1 amide bonds. The van der Waals surface area contributed by atoms with Crippen LogP contribution in [0.3, 0.4) is 0 Å². The summed E-state index contributed by atoms with van der Waals surface area (Å²) < 4.78 is 1.86. The lowest BCUT2D eigenvalue weighted by Gasteiger charge is -2.28. The molecule has 2 aromatic rings. The Morgan fingerprint density at radius 1 is 1.22 bits per heavy atom. The molecule has 5 nitrogen and oxygen atoms in total. The number of carbonyl (C=O) groups excluding carboxylic acids is 1. The number of nitrogens with one attached hydrogen (secondary N) is 2. The maximum atomic E-state index is 12.8. The summed E-state index contributed by atoms with van der Waals surface area (Å²) in [6, 6.07) is 11.5. The summed E-state index contributed by atoms with van der Waals surface area (Å²) in [5.74, 6) is 1.67. The Morgan fingerprint density at radius 2 is 1.89 bits per heavy atom. The first-order chi connectivity index (χ1) is 13.0. The molecular weight excluding hydrogens is 336 g/mol. The number of aryl methyl sites for hydroxylation is 1. The predicted molar refractivity (Wildman–Crippen MR) is 108 cm³/mol. The zero-order valence-corrected chi connectivity index (χ0v) is 16.5. The lowest BCUT2D eigenvalue weighted by molar-refractivity contribution is -0.117. The summed E-state index contributed by atoms with van der Waals surface area (Å²) in [5, 5.41) is 11.5. The number of amides is 1. The third kappa shape index (κ3) is 4.08. The van der Waals surface area contributed by atoms with Crippen molar-refractivity contribution in [3.05, 3.63) is 41.6 Å². The SMILES string of the molecule is Cc1ccc(-n2nc(C(C)C)cc2NC(=O)CC2CC3CCC(C2)N3)cc1. The van der Waals surface area contributed by atoms with Crippen molar-refractivity contribution < 1.29 is 4.79 Å². The van der Waals surface area contributed by atoms with E-state index in [9.17, 15) is 4.79 Å². The van der Waals surface area contributed by atoms with Crippen molar-refractivity contribution in [1.29, 1.82) is 0 Å². The first kappa shape index (κ1) is 18.2. The van der Waals surface area contributed by atoms with Gasteiger partial charge in [-0.15, -0.1) is 0 Å². The normalized spacial score (nSPS) is 24.4. The highest BCUT2D eigenvalue weighted by molar-refractivity contribution is 5.90. The molecule has 2 atom stereocenters. The fourth-order valence-electron chi connectivity index (χ4n) is 4.45. The number of piperidine rings is 1. The number of nitrogens with zero attached hydrogens (tertiary/aromatic N) is 2.